The molecule has 1 aliphatic heterocycles. The number of aliphatic carboxylic acids is 1. The number of nitrogens with zero attached hydrogens (tertiary/aromatic N) is 2. The van der Waals surface area contributed by atoms with Gasteiger partial charge in [-0.3, -0.25) is 14.5 Å². The molecule has 0 bridgehead atoms. The van der Waals surface area contributed by atoms with E-state index in [1.165, 1.54) is 6.92 Å². The molecule has 1 heterocycles. The lowest BCUT2D eigenvalue weighted by Gasteiger charge is -2.40. The number of rotatable bonds is 9. The molecule has 1 saturated heterocycles. The number of piperidine rings is 1. The quantitative estimate of drug-likeness (QED) is 0.540. The van der Waals surface area contributed by atoms with Crippen LogP contribution in [0, 0.1) is 11.3 Å². The minimum absolute atomic E-state index is 0.0259. The molecule has 0 aliphatic carbocycles. The van der Waals surface area contributed by atoms with E-state index in [2.05, 4.69) is 17.1 Å². The van der Waals surface area contributed by atoms with Gasteiger partial charge in [0.25, 0.3) is 0 Å². The van der Waals surface area contributed by atoms with Crippen LogP contribution >= 0.6 is 0 Å². The van der Waals surface area contributed by atoms with Gasteiger partial charge in [0.15, 0.2) is 0 Å². The molecule has 31 heavy (non-hydrogen) atoms. The summed E-state index contributed by atoms with van der Waals surface area (Å²) < 4.78 is 0. The van der Waals surface area contributed by atoms with Crippen LogP contribution in [0.3, 0.4) is 0 Å². The number of amides is 2. The third-order valence-corrected chi connectivity index (χ3v) is 6.06. The van der Waals surface area contributed by atoms with Crippen LogP contribution in [0.5, 0.6) is 0 Å². The third-order valence-electron chi connectivity index (χ3n) is 6.06. The molecule has 0 aromatic heterocycles. The second-order valence-corrected chi connectivity index (χ2v) is 10.2. The van der Waals surface area contributed by atoms with Crippen molar-refractivity contribution < 1.29 is 19.5 Å². The largest absolute Gasteiger partial charge is 0.478 e. The van der Waals surface area contributed by atoms with Crippen molar-refractivity contribution in [1.29, 1.82) is 0 Å². The normalized spacial score (nSPS) is 20.3. The molecule has 1 rings (SSSR count). The zero-order valence-corrected chi connectivity index (χ0v) is 20.7. The summed E-state index contributed by atoms with van der Waals surface area (Å²) in [5.41, 5.74) is -0.287. The maximum atomic E-state index is 13.5. The molecule has 7 heteroatoms. The van der Waals surface area contributed by atoms with Crippen molar-refractivity contribution in [2.75, 3.05) is 20.1 Å². The van der Waals surface area contributed by atoms with Gasteiger partial charge in [-0.05, 0) is 50.6 Å². The van der Waals surface area contributed by atoms with E-state index in [9.17, 15) is 19.5 Å². The predicted octanol–water partition coefficient (Wildman–Crippen LogP) is 3.30. The van der Waals surface area contributed by atoms with Crippen LogP contribution in [0.15, 0.2) is 11.6 Å². The van der Waals surface area contributed by atoms with Gasteiger partial charge in [-0.1, -0.05) is 54.0 Å². The Morgan fingerprint density at radius 1 is 1.23 bits per heavy atom. The number of carbonyl (C=O) groups excluding carboxylic acids is 2. The van der Waals surface area contributed by atoms with Crippen molar-refractivity contribution in [2.24, 2.45) is 11.3 Å². The van der Waals surface area contributed by atoms with Gasteiger partial charge in [-0.25, -0.2) is 4.79 Å². The van der Waals surface area contributed by atoms with Crippen LogP contribution in [0.25, 0.3) is 0 Å². The smallest absolute Gasteiger partial charge is 0.331 e. The van der Waals surface area contributed by atoms with Crippen LogP contribution in [0.2, 0.25) is 0 Å². The Balaban J connectivity index is 3.12. The second-order valence-electron chi connectivity index (χ2n) is 10.2. The van der Waals surface area contributed by atoms with Gasteiger partial charge in [0.05, 0.1) is 12.1 Å². The van der Waals surface area contributed by atoms with Gasteiger partial charge in [0.2, 0.25) is 11.8 Å². The number of likely N-dealkylation sites (N-methyl/N-ethyl adjacent to an activating group) is 1. The summed E-state index contributed by atoms with van der Waals surface area (Å²) in [6.45, 7) is 15.2. The molecule has 1 fully saturated rings. The molecule has 0 radical (unpaired) electrons. The number of hydrogen-bond acceptors (Lipinski definition) is 4. The minimum Gasteiger partial charge on any atom is -0.478 e. The highest BCUT2D eigenvalue weighted by Gasteiger charge is 2.39. The number of carboxylic acids is 1. The van der Waals surface area contributed by atoms with Gasteiger partial charge < -0.3 is 15.3 Å². The van der Waals surface area contributed by atoms with E-state index in [-0.39, 0.29) is 35.4 Å². The first-order valence-electron chi connectivity index (χ1n) is 11.5. The molecular weight excluding hydrogens is 394 g/mol. The number of carbonyl (C=O) groups is 3. The molecule has 1 aliphatic rings. The van der Waals surface area contributed by atoms with Gasteiger partial charge in [-0.2, -0.15) is 0 Å². The average molecular weight is 438 g/mol. The van der Waals surface area contributed by atoms with E-state index >= 15 is 0 Å². The van der Waals surface area contributed by atoms with Gasteiger partial charge in [-0.15, -0.1) is 0 Å². The van der Waals surface area contributed by atoms with Gasteiger partial charge >= 0.3 is 5.97 Å². The standard InChI is InChI=1S/C24H43N3O4/c1-9-13-27-14-11-10-12-18(27)21(28)25-20(24(5,6)7)22(29)26(8)19(16(2)3)15-17(4)23(30)31/h15-16,18-20H,9-14H2,1-8H3,(H,25,28)(H,30,31)/b17-15+/t18?,19-,20-/m1/s1. The molecule has 7 nitrogen and oxygen atoms in total. The lowest BCUT2D eigenvalue weighted by atomic mass is 9.84. The lowest BCUT2D eigenvalue weighted by Crippen LogP contribution is -2.60. The maximum Gasteiger partial charge on any atom is 0.331 e. The van der Waals surface area contributed by atoms with Crippen molar-refractivity contribution in [3.8, 4) is 0 Å². The van der Waals surface area contributed by atoms with Crippen LogP contribution in [0.4, 0.5) is 0 Å². The fourth-order valence-corrected chi connectivity index (χ4v) is 4.16. The lowest BCUT2D eigenvalue weighted by molar-refractivity contribution is -0.141. The predicted molar refractivity (Wildman–Crippen MR) is 124 cm³/mol. The average Bonchev–Trinajstić information content (AvgIpc) is 2.68. The minimum atomic E-state index is -1.000. The molecule has 0 aromatic rings. The highest BCUT2D eigenvalue weighted by molar-refractivity contribution is 5.91. The van der Waals surface area contributed by atoms with Crippen molar-refractivity contribution in [2.45, 2.75) is 92.3 Å². The Hall–Kier alpha value is -1.89. The topological polar surface area (TPSA) is 90.0 Å². The summed E-state index contributed by atoms with van der Waals surface area (Å²) in [5, 5.41) is 12.3. The number of nitrogens with one attached hydrogen (secondary N) is 1. The fraction of sp³-hybridized carbons (Fsp3) is 0.792. The first kappa shape index (κ1) is 27.1. The number of carboxylic acid groups (broad SMARTS) is 1. The van der Waals surface area contributed by atoms with Crippen LogP contribution < -0.4 is 5.32 Å². The highest BCUT2D eigenvalue weighted by Crippen LogP contribution is 2.25. The Labute approximate surface area is 188 Å². The molecule has 3 atom stereocenters. The first-order chi connectivity index (χ1) is 14.3. The van der Waals surface area contributed by atoms with E-state index in [0.717, 1.165) is 38.8 Å². The van der Waals surface area contributed by atoms with E-state index < -0.39 is 17.4 Å². The Bertz CT molecular complexity index is 664. The number of hydrogen-bond donors (Lipinski definition) is 2. The number of likely N-dealkylation sites (tertiary alicyclic amines) is 1. The van der Waals surface area contributed by atoms with E-state index in [1.54, 1.807) is 18.0 Å². The molecule has 178 valence electrons. The molecular formula is C24H43N3O4. The third kappa shape index (κ3) is 7.63. The van der Waals surface area contributed by atoms with Gasteiger partial charge in [0.1, 0.15) is 6.04 Å². The van der Waals surface area contributed by atoms with E-state index in [0.29, 0.717) is 0 Å². The van der Waals surface area contributed by atoms with Crippen LogP contribution in [-0.2, 0) is 14.4 Å². The van der Waals surface area contributed by atoms with E-state index in [1.807, 2.05) is 34.6 Å². The van der Waals surface area contributed by atoms with Crippen molar-refractivity contribution >= 4 is 17.8 Å². The fourth-order valence-electron chi connectivity index (χ4n) is 4.16. The summed E-state index contributed by atoms with van der Waals surface area (Å²) in [5.74, 6) is -1.27. The summed E-state index contributed by atoms with van der Waals surface area (Å²) >= 11 is 0. The summed E-state index contributed by atoms with van der Waals surface area (Å²) in [6, 6.07) is -1.28. The summed E-state index contributed by atoms with van der Waals surface area (Å²) in [7, 11) is 1.69. The molecule has 0 saturated carbocycles. The molecule has 0 aromatic carbocycles. The zero-order valence-electron chi connectivity index (χ0n) is 20.7. The van der Waals surface area contributed by atoms with E-state index in [4.69, 9.17) is 0 Å². The summed E-state index contributed by atoms with van der Waals surface area (Å²) in [4.78, 5) is 41.9. The molecule has 0 spiro atoms. The Morgan fingerprint density at radius 2 is 1.84 bits per heavy atom. The zero-order chi connectivity index (χ0) is 23.9. The Morgan fingerprint density at radius 3 is 2.32 bits per heavy atom. The summed E-state index contributed by atoms with van der Waals surface area (Å²) in [6.07, 6.45) is 5.53. The molecule has 2 N–H and O–H groups in total. The SMILES string of the molecule is CCCN1CCCCC1C(=O)N[C@H](C(=O)N(C)[C@H](/C=C(\C)C(=O)O)C(C)C)C(C)(C)C. The molecule has 2 amide bonds. The maximum absolute atomic E-state index is 13.5. The highest BCUT2D eigenvalue weighted by atomic mass is 16.4. The molecule has 1 unspecified atom stereocenters. The van der Waals surface area contributed by atoms with Crippen LogP contribution in [-0.4, -0.2) is 71.0 Å². The second kappa shape index (κ2) is 11.7. The monoisotopic (exact) mass is 437 g/mol. The van der Waals surface area contributed by atoms with Crippen molar-refractivity contribution in [3.63, 3.8) is 0 Å². The Kier molecular flexibility index (Phi) is 10.2. The first-order valence-corrected chi connectivity index (χ1v) is 11.5. The van der Waals surface area contributed by atoms with Crippen molar-refractivity contribution in [1.82, 2.24) is 15.1 Å². The van der Waals surface area contributed by atoms with Crippen LogP contribution in [0.1, 0.15) is 74.1 Å². The van der Waals surface area contributed by atoms with Crippen molar-refractivity contribution in [3.05, 3.63) is 11.6 Å². The van der Waals surface area contributed by atoms with Gasteiger partial charge in [0, 0.05) is 12.6 Å².